The zero-order chi connectivity index (χ0) is 13.9. The maximum atomic E-state index is 5.06. The number of aromatic amines is 1. The predicted octanol–water partition coefficient (Wildman–Crippen LogP) is 3.91. The van der Waals surface area contributed by atoms with Crippen molar-refractivity contribution in [2.75, 3.05) is 7.11 Å². The van der Waals surface area contributed by atoms with Crippen LogP contribution in [0.25, 0.3) is 22.4 Å². The van der Waals surface area contributed by atoms with Crippen LogP contribution in [0.5, 0.6) is 5.88 Å². The SMILES string of the molecule is COc1ccc(-c2ccc(-c3[nH]ncc3Br)cc2)cn1. The van der Waals surface area contributed by atoms with Crippen LogP contribution in [-0.2, 0) is 0 Å². The summed E-state index contributed by atoms with van der Waals surface area (Å²) in [6.07, 6.45) is 3.55. The summed E-state index contributed by atoms with van der Waals surface area (Å²) in [7, 11) is 1.61. The van der Waals surface area contributed by atoms with Crippen molar-refractivity contribution in [1.82, 2.24) is 15.2 Å². The lowest BCUT2D eigenvalue weighted by atomic mass is 10.0. The smallest absolute Gasteiger partial charge is 0.212 e. The lowest BCUT2D eigenvalue weighted by Gasteiger charge is -2.04. The normalized spacial score (nSPS) is 10.5. The van der Waals surface area contributed by atoms with Gasteiger partial charge in [-0.15, -0.1) is 0 Å². The number of halogens is 1. The van der Waals surface area contributed by atoms with Crippen LogP contribution in [0.1, 0.15) is 0 Å². The molecule has 0 saturated heterocycles. The molecule has 0 aliphatic rings. The largest absolute Gasteiger partial charge is 0.481 e. The molecule has 0 aliphatic carbocycles. The van der Waals surface area contributed by atoms with Gasteiger partial charge < -0.3 is 4.74 Å². The number of aromatic nitrogens is 3. The molecule has 0 atom stereocenters. The number of hydrogen-bond acceptors (Lipinski definition) is 3. The van der Waals surface area contributed by atoms with Gasteiger partial charge >= 0.3 is 0 Å². The number of nitrogens with one attached hydrogen (secondary N) is 1. The first-order valence-corrected chi connectivity index (χ1v) is 6.87. The van der Waals surface area contributed by atoms with Crippen LogP contribution in [0.3, 0.4) is 0 Å². The van der Waals surface area contributed by atoms with E-state index in [0.29, 0.717) is 5.88 Å². The molecular weight excluding hydrogens is 318 g/mol. The van der Waals surface area contributed by atoms with Gasteiger partial charge in [-0.1, -0.05) is 24.3 Å². The van der Waals surface area contributed by atoms with E-state index in [1.54, 1.807) is 19.5 Å². The zero-order valence-electron chi connectivity index (χ0n) is 10.8. The molecule has 3 rings (SSSR count). The molecule has 2 aromatic heterocycles. The zero-order valence-corrected chi connectivity index (χ0v) is 12.4. The third kappa shape index (κ3) is 2.44. The Morgan fingerprint density at radius 1 is 0.950 bits per heavy atom. The van der Waals surface area contributed by atoms with Crippen LogP contribution >= 0.6 is 15.9 Å². The van der Waals surface area contributed by atoms with Gasteiger partial charge in [-0.25, -0.2) is 4.98 Å². The summed E-state index contributed by atoms with van der Waals surface area (Å²) in [4.78, 5) is 4.21. The molecule has 20 heavy (non-hydrogen) atoms. The molecule has 0 bridgehead atoms. The summed E-state index contributed by atoms with van der Waals surface area (Å²) in [5, 5.41) is 6.97. The fraction of sp³-hybridized carbons (Fsp3) is 0.0667. The number of benzene rings is 1. The van der Waals surface area contributed by atoms with Crippen molar-refractivity contribution in [3.63, 3.8) is 0 Å². The Kier molecular flexibility index (Phi) is 3.52. The van der Waals surface area contributed by atoms with Crippen LogP contribution in [0, 0.1) is 0 Å². The highest BCUT2D eigenvalue weighted by molar-refractivity contribution is 9.10. The van der Waals surface area contributed by atoms with Gasteiger partial charge in [-0.2, -0.15) is 5.10 Å². The summed E-state index contributed by atoms with van der Waals surface area (Å²) < 4.78 is 6.01. The molecule has 100 valence electrons. The molecule has 4 nitrogen and oxygen atoms in total. The van der Waals surface area contributed by atoms with Gasteiger partial charge in [0.15, 0.2) is 0 Å². The molecule has 5 heteroatoms. The van der Waals surface area contributed by atoms with Crippen molar-refractivity contribution in [2.24, 2.45) is 0 Å². The molecule has 1 aromatic carbocycles. The van der Waals surface area contributed by atoms with Crippen LogP contribution in [0.15, 0.2) is 53.3 Å². The number of hydrogen-bond donors (Lipinski definition) is 1. The van der Waals surface area contributed by atoms with E-state index in [9.17, 15) is 0 Å². The van der Waals surface area contributed by atoms with E-state index < -0.39 is 0 Å². The highest BCUT2D eigenvalue weighted by Crippen LogP contribution is 2.28. The fourth-order valence-electron chi connectivity index (χ4n) is 1.98. The minimum absolute atomic E-state index is 0.617. The molecule has 2 heterocycles. The lowest BCUT2D eigenvalue weighted by Crippen LogP contribution is -1.87. The first-order valence-electron chi connectivity index (χ1n) is 6.07. The van der Waals surface area contributed by atoms with Gasteiger partial charge in [-0.05, 0) is 27.6 Å². The maximum absolute atomic E-state index is 5.06. The maximum Gasteiger partial charge on any atom is 0.212 e. The van der Waals surface area contributed by atoms with Gasteiger partial charge in [0.2, 0.25) is 5.88 Å². The third-order valence-corrected chi connectivity index (χ3v) is 3.65. The van der Waals surface area contributed by atoms with E-state index in [0.717, 1.165) is 26.9 Å². The van der Waals surface area contributed by atoms with Gasteiger partial charge in [-0.3, -0.25) is 5.10 Å². The minimum Gasteiger partial charge on any atom is -0.481 e. The Morgan fingerprint density at radius 2 is 1.65 bits per heavy atom. The van der Waals surface area contributed by atoms with E-state index in [-0.39, 0.29) is 0 Å². The van der Waals surface area contributed by atoms with Crippen molar-refractivity contribution in [3.05, 3.63) is 53.3 Å². The topological polar surface area (TPSA) is 50.8 Å². The molecule has 3 aromatic rings. The Morgan fingerprint density at radius 3 is 2.20 bits per heavy atom. The van der Waals surface area contributed by atoms with Crippen molar-refractivity contribution < 1.29 is 4.74 Å². The highest BCUT2D eigenvalue weighted by atomic mass is 79.9. The standard InChI is InChI=1S/C15H12BrN3O/c1-20-14-7-6-12(8-17-14)10-2-4-11(5-3-10)15-13(16)9-18-19-15/h2-9H,1H3,(H,18,19). The van der Waals surface area contributed by atoms with E-state index in [4.69, 9.17) is 4.74 Å². The molecule has 0 spiro atoms. The monoisotopic (exact) mass is 329 g/mol. The van der Waals surface area contributed by atoms with Crippen LogP contribution < -0.4 is 4.74 Å². The minimum atomic E-state index is 0.617. The van der Waals surface area contributed by atoms with Gasteiger partial charge in [0.1, 0.15) is 0 Å². The van der Waals surface area contributed by atoms with E-state index >= 15 is 0 Å². The molecule has 0 fully saturated rings. The Hall–Kier alpha value is -2.14. The molecule has 0 aliphatic heterocycles. The van der Waals surface area contributed by atoms with Crippen LogP contribution in [-0.4, -0.2) is 22.3 Å². The summed E-state index contributed by atoms with van der Waals surface area (Å²) in [6, 6.07) is 12.1. The fourth-order valence-corrected chi connectivity index (χ4v) is 2.39. The third-order valence-electron chi connectivity index (χ3n) is 3.05. The van der Waals surface area contributed by atoms with Gasteiger partial charge in [0.05, 0.1) is 23.5 Å². The Bertz CT molecular complexity index is 705. The van der Waals surface area contributed by atoms with Crippen molar-refractivity contribution in [3.8, 4) is 28.3 Å². The average Bonchev–Trinajstić information content (AvgIpc) is 2.94. The number of H-pyrrole nitrogens is 1. The first-order chi connectivity index (χ1) is 9.78. The van der Waals surface area contributed by atoms with Crippen molar-refractivity contribution in [2.45, 2.75) is 0 Å². The Labute approximate surface area is 125 Å². The molecule has 0 amide bonds. The highest BCUT2D eigenvalue weighted by Gasteiger charge is 2.05. The van der Waals surface area contributed by atoms with Gasteiger partial charge in [0.25, 0.3) is 0 Å². The molecular formula is C15H12BrN3O. The molecule has 0 saturated carbocycles. The molecule has 0 radical (unpaired) electrons. The second kappa shape index (κ2) is 5.46. The van der Waals surface area contributed by atoms with Crippen LogP contribution in [0.4, 0.5) is 0 Å². The summed E-state index contributed by atoms with van der Waals surface area (Å²) in [5.41, 5.74) is 4.23. The average molecular weight is 330 g/mol. The quantitative estimate of drug-likeness (QED) is 0.792. The van der Waals surface area contributed by atoms with E-state index in [1.807, 2.05) is 12.1 Å². The first kappa shape index (κ1) is 12.9. The van der Waals surface area contributed by atoms with Gasteiger partial charge in [0, 0.05) is 23.4 Å². The number of pyridine rings is 1. The van der Waals surface area contributed by atoms with E-state index in [1.165, 1.54) is 0 Å². The van der Waals surface area contributed by atoms with Crippen LogP contribution in [0.2, 0.25) is 0 Å². The lowest BCUT2D eigenvalue weighted by molar-refractivity contribution is 0.398. The van der Waals surface area contributed by atoms with Crippen molar-refractivity contribution in [1.29, 1.82) is 0 Å². The number of rotatable bonds is 3. The van der Waals surface area contributed by atoms with Crippen molar-refractivity contribution >= 4 is 15.9 Å². The molecule has 0 unspecified atom stereocenters. The predicted molar refractivity (Wildman–Crippen MR) is 81.5 cm³/mol. The second-order valence-corrected chi connectivity index (χ2v) is 5.11. The van der Waals surface area contributed by atoms with E-state index in [2.05, 4.69) is 55.4 Å². The summed E-state index contributed by atoms with van der Waals surface area (Å²) in [5.74, 6) is 0.617. The second-order valence-electron chi connectivity index (χ2n) is 4.26. The number of nitrogens with zero attached hydrogens (tertiary/aromatic N) is 2. The summed E-state index contributed by atoms with van der Waals surface area (Å²) >= 11 is 3.46. The number of methoxy groups -OCH3 is 1. The summed E-state index contributed by atoms with van der Waals surface area (Å²) in [6.45, 7) is 0. The Balaban J connectivity index is 1.91. The molecule has 1 N–H and O–H groups in total. The number of ether oxygens (including phenoxy) is 1.